The van der Waals surface area contributed by atoms with Crippen LogP contribution in [0.4, 0.5) is 11.4 Å². The third-order valence-electron chi connectivity index (χ3n) is 5.08. The second-order valence-electron chi connectivity index (χ2n) is 7.44. The smallest absolute Gasteiger partial charge is 0.282 e. The van der Waals surface area contributed by atoms with Gasteiger partial charge in [0.05, 0.1) is 11.3 Å². The number of hydrogen-bond acceptors (Lipinski definition) is 3. The summed E-state index contributed by atoms with van der Waals surface area (Å²) in [7, 11) is 0. The fraction of sp³-hybridized carbons (Fsp3) is 0.120. The third-order valence-corrected chi connectivity index (χ3v) is 5.33. The molecule has 0 aromatic heterocycles. The Morgan fingerprint density at radius 2 is 1.43 bits per heavy atom. The van der Waals surface area contributed by atoms with Gasteiger partial charge >= 0.3 is 0 Å². The maximum Gasteiger partial charge on any atom is 0.282 e. The van der Waals surface area contributed by atoms with Gasteiger partial charge in [0.2, 0.25) is 0 Å². The standard InChI is InChI=1S/C25H21ClN2O2/c1-16(2)17-10-14-21(15-11-17)28-24(29)22(18-8-12-19(26)13-9-18)23(25(28)30)27-20-6-4-3-5-7-20/h3-16,27H,1-2H3. The van der Waals surface area contributed by atoms with Crippen LogP contribution in [0.25, 0.3) is 5.57 Å². The van der Waals surface area contributed by atoms with E-state index in [9.17, 15) is 9.59 Å². The normalized spacial score (nSPS) is 14.1. The Kier molecular flexibility index (Phi) is 5.42. The molecule has 0 bridgehead atoms. The van der Waals surface area contributed by atoms with Gasteiger partial charge < -0.3 is 5.32 Å². The average Bonchev–Trinajstić information content (AvgIpc) is 2.99. The van der Waals surface area contributed by atoms with Gasteiger partial charge in [-0.25, -0.2) is 4.90 Å². The van der Waals surface area contributed by atoms with Gasteiger partial charge in [-0.2, -0.15) is 0 Å². The SMILES string of the molecule is CC(C)c1ccc(N2C(=O)C(Nc3ccccc3)=C(c3ccc(Cl)cc3)C2=O)cc1. The highest BCUT2D eigenvalue weighted by Gasteiger charge is 2.40. The summed E-state index contributed by atoms with van der Waals surface area (Å²) in [6.07, 6.45) is 0. The Hall–Kier alpha value is -3.37. The number of hydrogen-bond donors (Lipinski definition) is 1. The summed E-state index contributed by atoms with van der Waals surface area (Å²) in [5.74, 6) is -0.383. The maximum atomic E-state index is 13.4. The minimum atomic E-state index is -0.383. The molecule has 3 aromatic carbocycles. The third kappa shape index (κ3) is 3.74. The molecule has 0 unspecified atom stereocenters. The lowest BCUT2D eigenvalue weighted by molar-refractivity contribution is -0.120. The summed E-state index contributed by atoms with van der Waals surface area (Å²) in [5, 5.41) is 3.71. The van der Waals surface area contributed by atoms with Crippen LogP contribution in [0, 0.1) is 0 Å². The van der Waals surface area contributed by atoms with E-state index in [1.807, 2.05) is 54.6 Å². The molecule has 1 aliphatic heterocycles. The first kappa shape index (κ1) is 19.9. The van der Waals surface area contributed by atoms with E-state index >= 15 is 0 Å². The number of imide groups is 1. The Morgan fingerprint density at radius 3 is 2.03 bits per heavy atom. The molecule has 0 saturated heterocycles. The van der Waals surface area contributed by atoms with Crippen molar-refractivity contribution in [1.29, 1.82) is 0 Å². The van der Waals surface area contributed by atoms with Crippen molar-refractivity contribution < 1.29 is 9.59 Å². The number of benzene rings is 3. The summed E-state index contributed by atoms with van der Waals surface area (Å²) < 4.78 is 0. The zero-order chi connectivity index (χ0) is 21.3. The largest absolute Gasteiger partial charge is 0.350 e. The summed E-state index contributed by atoms with van der Waals surface area (Å²) in [5.41, 5.74) is 3.64. The highest BCUT2D eigenvalue weighted by Crippen LogP contribution is 2.34. The molecule has 4 rings (SSSR count). The van der Waals surface area contributed by atoms with Crippen molar-refractivity contribution in [3.05, 3.63) is 101 Å². The van der Waals surface area contributed by atoms with Crippen LogP contribution in [0.5, 0.6) is 0 Å². The average molecular weight is 417 g/mol. The molecule has 0 spiro atoms. The van der Waals surface area contributed by atoms with Crippen molar-refractivity contribution in [2.75, 3.05) is 10.2 Å². The van der Waals surface area contributed by atoms with E-state index in [1.165, 1.54) is 4.90 Å². The molecule has 5 heteroatoms. The monoisotopic (exact) mass is 416 g/mol. The lowest BCUT2D eigenvalue weighted by atomic mass is 10.0. The second-order valence-corrected chi connectivity index (χ2v) is 7.88. The van der Waals surface area contributed by atoms with Gasteiger partial charge in [0.1, 0.15) is 5.70 Å². The predicted molar refractivity (Wildman–Crippen MR) is 121 cm³/mol. The summed E-state index contributed by atoms with van der Waals surface area (Å²) in [6.45, 7) is 4.20. The molecule has 0 fully saturated rings. The lowest BCUT2D eigenvalue weighted by Gasteiger charge is -2.16. The first-order valence-corrected chi connectivity index (χ1v) is 10.1. The molecule has 1 aliphatic rings. The van der Waals surface area contributed by atoms with E-state index in [0.29, 0.717) is 27.8 Å². The van der Waals surface area contributed by atoms with E-state index < -0.39 is 0 Å². The summed E-state index contributed by atoms with van der Waals surface area (Å²) in [6, 6.07) is 23.8. The van der Waals surface area contributed by atoms with Crippen LogP contribution in [0.15, 0.2) is 84.6 Å². The minimum Gasteiger partial charge on any atom is -0.350 e. The van der Waals surface area contributed by atoms with E-state index in [-0.39, 0.29) is 17.5 Å². The molecule has 0 saturated carbocycles. The zero-order valence-electron chi connectivity index (χ0n) is 16.7. The molecule has 4 nitrogen and oxygen atoms in total. The first-order valence-electron chi connectivity index (χ1n) is 9.76. The Morgan fingerprint density at radius 1 is 0.800 bits per heavy atom. The molecule has 0 radical (unpaired) electrons. The zero-order valence-corrected chi connectivity index (χ0v) is 17.5. The fourth-order valence-corrected chi connectivity index (χ4v) is 3.56. The van der Waals surface area contributed by atoms with Crippen LogP contribution >= 0.6 is 11.6 Å². The number of halogens is 1. The lowest BCUT2D eigenvalue weighted by Crippen LogP contribution is -2.32. The Balaban J connectivity index is 1.78. The molecular formula is C25H21ClN2O2. The fourth-order valence-electron chi connectivity index (χ4n) is 3.44. The maximum absolute atomic E-state index is 13.4. The Labute approximate surface area is 180 Å². The number of amides is 2. The van der Waals surface area contributed by atoms with Crippen LogP contribution in [0.1, 0.15) is 30.9 Å². The highest BCUT2D eigenvalue weighted by molar-refractivity contribution is 6.46. The topological polar surface area (TPSA) is 49.4 Å². The van der Waals surface area contributed by atoms with Crippen molar-refractivity contribution in [1.82, 2.24) is 0 Å². The molecular weight excluding hydrogens is 396 g/mol. The molecule has 1 heterocycles. The van der Waals surface area contributed by atoms with Crippen molar-refractivity contribution in [3.63, 3.8) is 0 Å². The van der Waals surface area contributed by atoms with Crippen molar-refractivity contribution in [2.24, 2.45) is 0 Å². The number of nitrogens with zero attached hydrogens (tertiary/aromatic N) is 1. The highest BCUT2D eigenvalue weighted by atomic mass is 35.5. The molecule has 0 atom stereocenters. The Bertz CT molecular complexity index is 1120. The molecule has 2 amide bonds. The van der Waals surface area contributed by atoms with Crippen LogP contribution in [-0.2, 0) is 9.59 Å². The first-order chi connectivity index (χ1) is 14.5. The molecule has 1 N–H and O–H groups in total. The van der Waals surface area contributed by atoms with Crippen LogP contribution in [-0.4, -0.2) is 11.8 Å². The van der Waals surface area contributed by atoms with Gasteiger partial charge in [-0.15, -0.1) is 0 Å². The quantitative estimate of drug-likeness (QED) is 0.530. The molecule has 30 heavy (non-hydrogen) atoms. The van der Waals surface area contributed by atoms with Crippen molar-refractivity contribution in [3.8, 4) is 0 Å². The summed E-state index contributed by atoms with van der Waals surface area (Å²) >= 11 is 6.02. The van der Waals surface area contributed by atoms with E-state index in [0.717, 1.165) is 11.3 Å². The van der Waals surface area contributed by atoms with Crippen molar-refractivity contribution >= 4 is 40.4 Å². The number of carbonyl (C=O) groups excluding carboxylic acids is 2. The van der Waals surface area contributed by atoms with Gasteiger partial charge in [-0.05, 0) is 53.4 Å². The number of carbonyl (C=O) groups is 2. The number of nitrogens with one attached hydrogen (secondary N) is 1. The minimum absolute atomic E-state index is 0.251. The van der Waals surface area contributed by atoms with E-state index in [4.69, 9.17) is 11.6 Å². The van der Waals surface area contributed by atoms with E-state index in [2.05, 4.69) is 19.2 Å². The number of para-hydroxylation sites is 1. The van der Waals surface area contributed by atoms with E-state index in [1.54, 1.807) is 24.3 Å². The molecule has 0 aliphatic carbocycles. The summed E-state index contributed by atoms with van der Waals surface area (Å²) in [4.78, 5) is 28.0. The van der Waals surface area contributed by atoms with Crippen LogP contribution in [0.3, 0.4) is 0 Å². The van der Waals surface area contributed by atoms with Crippen LogP contribution < -0.4 is 10.2 Å². The van der Waals surface area contributed by atoms with Gasteiger partial charge in [0.15, 0.2) is 0 Å². The van der Waals surface area contributed by atoms with Gasteiger partial charge in [0, 0.05) is 10.7 Å². The number of rotatable bonds is 5. The van der Waals surface area contributed by atoms with Gasteiger partial charge in [-0.1, -0.05) is 67.9 Å². The van der Waals surface area contributed by atoms with Gasteiger partial charge in [0.25, 0.3) is 11.8 Å². The van der Waals surface area contributed by atoms with Gasteiger partial charge in [-0.3, -0.25) is 9.59 Å². The second kappa shape index (κ2) is 8.17. The predicted octanol–water partition coefficient (Wildman–Crippen LogP) is 5.86. The molecule has 150 valence electrons. The van der Waals surface area contributed by atoms with Crippen LogP contribution in [0.2, 0.25) is 5.02 Å². The molecule has 3 aromatic rings. The number of anilines is 2. The van der Waals surface area contributed by atoms with Crippen molar-refractivity contribution in [2.45, 2.75) is 19.8 Å².